The maximum atomic E-state index is 10.7. The van der Waals surface area contributed by atoms with E-state index in [0.29, 0.717) is 16.6 Å². The third-order valence-corrected chi connectivity index (χ3v) is 1.93. The number of aromatic carboxylic acids is 1. The van der Waals surface area contributed by atoms with Crippen molar-refractivity contribution in [1.82, 2.24) is 0 Å². The summed E-state index contributed by atoms with van der Waals surface area (Å²) in [7, 11) is 5.56. The van der Waals surface area contributed by atoms with Crippen molar-refractivity contribution in [3.8, 4) is 0 Å². The van der Waals surface area contributed by atoms with Gasteiger partial charge in [0.15, 0.2) is 0 Å². The molecule has 60 valence electrons. The lowest BCUT2D eigenvalue weighted by Crippen LogP contribution is -2.14. The third-order valence-electron chi connectivity index (χ3n) is 1.93. The van der Waals surface area contributed by atoms with Crippen molar-refractivity contribution in [2.24, 2.45) is 0 Å². The molecule has 0 saturated heterocycles. The van der Waals surface area contributed by atoms with Crippen LogP contribution in [0.3, 0.4) is 0 Å². The van der Waals surface area contributed by atoms with Gasteiger partial charge in [-0.3, -0.25) is 0 Å². The Hall–Kier alpha value is -1.25. The molecular formula is C9H9BO2. The molecule has 0 spiro atoms. The summed E-state index contributed by atoms with van der Waals surface area (Å²) in [4.78, 5) is 10.7. The van der Waals surface area contributed by atoms with Gasteiger partial charge in [0, 0.05) is 0 Å². The van der Waals surface area contributed by atoms with Crippen LogP contribution in [-0.4, -0.2) is 18.9 Å². The normalized spacial score (nSPS) is 9.83. The summed E-state index contributed by atoms with van der Waals surface area (Å²) in [5.74, 6) is -0.919. The number of carbonyl (C=O) groups is 1. The molecule has 2 radical (unpaired) electrons. The summed E-state index contributed by atoms with van der Waals surface area (Å²) in [6, 6.07) is 3.43. The zero-order valence-corrected chi connectivity index (χ0v) is 7.09. The van der Waals surface area contributed by atoms with Gasteiger partial charge in [0.2, 0.25) is 0 Å². The van der Waals surface area contributed by atoms with Crippen LogP contribution in [0.5, 0.6) is 0 Å². The average molecular weight is 160 g/mol. The van der Waals surface area contributed by atoms with E-state index in [1.807, 2.05) is 0 Å². The summed E-state index contributed by atoms with van der Waals surface area (Å²) in [5.41, 5.74) is 2.23. The Morgan fingerprint density at radius 1 is 1.42 bits per heavy atom. The maximum absolute atomic E-state index is 10.7. The van der Waals surface area contributed by atoms with E-state index in [-0.39, 0.29) is 0 Å². The quantitative estimate of drug-likeness (QED) is 0.616. The van der Waals surface area contributed by atoms with E-state index in [0.717, 1.165) is 5.56 Å². The Morgan fingerprint density at radius 2 is 2.00 bits per heavy atom. The topological polar surface area (TPSA) is 37.3 Å². The molecule has 0 aliphatic rings. The second-order valence-electron chi connectivity index (χ2n) is 2.78. The molecule has 1 N–H and O–H groups in total. The Morgan fingerprint density at radius 3 is 2.42 bits per heavy atom. The highest BCUT2D eigenvalue weighted by Crippen LogP contribution is 2.10. The summed E-state index contributed by atoms with van der Waals surface area (Å²) in [6.07, 6.45) is 0. The number of carboxylic acids is 1. The summed E-state index contributed by atoms with van der Waals surface area (Å²) < 4.78 is 0. The molecule has 0 unspecified atom stereocenters. The minimum absolute atomic E-state index is 0.315. The van der Waals surface area contributed by atoms with Gasteiger partial charge < -0.3 is 5.11 Å². The van der Waals surface area contributed by atoms with Gasteiger partial charge in [0.25, 0.3) is 0 Å². The van der Waals surface area contributed by atoms with Gasteiger partial charge >= 0.3 is 5.97 Å². The molecule has 0 bridgehead atoms. The van der Waals surface area contributed by atoms with Crippen LogP contribution < -0.4 is 5.46 Å². The van der Waals surface area contributed by atoms with Gasteiger partial charge in [-0.2, -0.15) is 0 Å². The number of benzene rings is 1. The molecule has 0 atom stereocenters. The number of hydrogen-bond donors (Lipinski definition) is 1. The predicted molar refractivity (Wildman–Crippen MR) is 48.3 cm³/mol. The summed E-state index contributed by atoms with van der Waals surface area (Å²) >= 11 is 0. The van der Waals surface area contributed by atoms with Crippen LogP contribution >= 0.6 is 0 Å². The van der Waals surface area contributed by atoms with Gasteiger partial charge in [-0.15, -0.1) is 0 Å². The first kappa shape index (κ1) is 8.85. The van der Waals surface area contributed by atoms with Crippen LogP contribution in [0.25, 0.3) is 0 Å². The van der Waals surface area contributed by atoms with Crippen LogP contribution in [-0.2, 0) is 0 Å². The maximum Gasteiger partial charge on any atom is 0.336 e. The van der Waals surface area contributed by atoms with Crippen molar-refractivity contribution in [2.45, 2.75) is 13.8 Å². The molecule has 0 aliphatic heterocycles. The Kier molecular flexibility index (Phi) is 2.22. The number of hydrogen-bond acceptors (Lipinski definition) is 1. The first-order valence-corrected chi connectivity index (χ1v) is 3.63. The van der Waals surface area contributed by atoms with Gasteiger partial charge in [0.1, 0.15) is 7.85 Å². The van der Waals surface area contributed by atoms with Crippen LogP contribution in [0.4, 0.5) is 0 Å². The van der Waals surface area contributed by atoms with Crippen LogP contribution in [0.15, 0.2) is 12.1 Å². The molecule has 3 heteroatoms. The fourth-order valence-electron chi connectivity index (χ4n) is 1.19. The highest BCUT2D eigenvalue weighted by atomic mass is 16.4. The van der Waals surface area contributed by atoms with Crippen molar-refractivity contribution >= 4 is 19.3 Å². The van der Waals surface area contributed by atoms with Crippen molar-refractivity contribution in [3.05, 3.63) is 28.8 Å². The summed E-state index contributed by atoms with van der Waals surface area (Å²) in [5, 5.41) is 8.82. The zero-order valence-electron chi connectivity index (χ0n) is 7.09. The fourth-order valence-corrected chi connectivity index (χ4v) is 1.19. The minimum Gasteiger partial charge on any atom is -0.478 e. The molecule has 0 amide bonds. The Balaban J connectivity index is 3.43. The lowest BCUT2D eigenvalue weighted by molar-refractivity contribution is 0.0695. The fraction of sp³-hybridized carbons (Fsp3) is 0.222. The average Bonchev–Trinajstić information content (AvgIpc) is 1.97. The zero-order chi connectivity index (χ0) is 9.30. The SMILES string of the molecule is [B]c1ccc(C)c(C(=O)O)c1C. The second-order valence-corrected chi connectivity index (χ2v) is 2.78. The predicted octanol–water partition coefficient (Wildman–Crippen LogP) is 0.795. The van der Waals surface area contributed by atoms with E-state index >= 15 is 0 Å². The molecule has 2 nitrogen and oxygen atoms in total. The first-order chi connectivity index (χ1) is 5.54. The minimum atomic E-state index is -0.919. The van der Waals surface area contributed by atoms with Gasteiger partial charge in [0.05, 0.1) is 5.56 Å². The van der Waals surface area contributed by atoms with E-state index in [1.165, 1.54) is 0 Å². The molecular weight excluding hydrogens is 151 g/mol. The van der Waals surface area contributed by atoms with Gasteiger partial charge in [-0.05, 0) is 25.0 Å². The molecule has 1 rings (SSSR count). The number of rotatable bonds is 1. The molecule has 0 aliphatic carbocycles. The molecule has 0 aromatic heterocycles. The van der Waals surface area contributed by atoms with Gasteiger partial charge in [-0.1, -0.05) is 17.6 Å². The Bertz CT molecular complexity index is 332. The molecule has 0 fully saturated rings. The smallest absolute Gasteiger partial charge is 0.336 e. The monoisotopic (exact) mass is 160 g/mol. The van der Waals surface area contributed by atoms with Crippen molar-refractivity contribution in [1.29, 1.82) is 0 Å². The molecule has 1 aromatic carbocycles. The number of carboxylic acid groups (broad SMARTS) is 1. The Labute approximate surface area is 72.6 Å². The third kappa shape index (κ3) is 1.35. The molecule has 12 heavy (non-hydrogen) atoms. The first-order valence-electron chi connectivity index (χ1n) is 3.63. The largest absolute Gasteiger partial charge is 0.478 e. The molecule has 1 aromatic rings. The van der Waals surface area contributed by atoms with Gasteiger partial charge in [-0.25, -0.2) is 4.79 Å². The van der Waals surface area contributed by atoms with Crippen molar-refractivity contribution < 1.29 is 9.90 Å². The van der Waals surface area contributed by atoms with Crippen molar-refractivity contribution in [3.63, 3.8) is 0 Å². The van der Waals surface area contributed by atoms with Crippen LogP contribution in [0, 0.1) is 13.8 Å². The van der Waals surface area contributed by atoms with Crippen molar-refractivity contribution in [2.75, 3.05) is 0 Å². The molecule has 0 heterocycles. The van der Waals surface area contributed by atoms with E-state index in [2.05, 4.69) is 0 Å². The molecule has 0 saturated carbocycles. The highest BCUT2D eigenvalue weighted by Gasteiger charge is 2.10. The van der Waals surface area contributed by atoms with E-state index in [1.54, 1.807) is 26.0 Å². The number of aryl methyl sites for hydroxylation is 1. The van der Waals surface area contributed by atoms with E-state index < -0.39 is 5.97 Å². The van der Waals surface area contributed by atoms with Crippen LogP contribution in [0.1, 0.15) is 21.5 Å². The highest BCUT2D eigenvalue weighted by molar-refractivity contribution is 6.33. The second kappa shape index (κ2) is 3.01. The summed E-state index contributed by atoms with van der Waals surface area (Å²) in [6.45, 7) is 3.47. The lowest BCUT2D eigenvalue weighted by atomic mass is 9.86. The van der Waals surface area contributed by atoms with E-state index in [9.17, 15) is 4.79 Å². The van der Waals surface area contributed by atoms with E-state index in [4.69, 9.17) is 13.0 Å². The van der Waals surface area contributed by atoms with Crippen LogP contribution in [0.2, 0.25) is 0 Å². The standard InChI is InChI=1S/C9H9BO2/c1-5-3-4-7(10)6(2)8(5)9(11)12/h3-4H,1-2H3,(H,11,12). The lowest BCUT2D eigenvalue weighted by Gasteiger charge is -2.07.